The van der Waals surface area contributed by atoms with Crippen molar-refractivity contribution in [2.75, 3.05) is 29.5 Å². The summed E-state index contributed by atoms with van der Waals surface area (Å²) in [7, 11) is -0.680. The minimum atomic E-state index is -0.680. The van der Waals surface area contributed by atoms with Crippen LogP contribution in [0.4, 0.5) is 5.82 Å². The van der Waals surface area contributed by atoms with Crippen LogP contribution in [0.5, 0.6) is 0 Å². The van der Waals surface area contributed by atoms with Crippen molar-refractivity contribution in [3.05, 3.63) is 22.8 Å². The minimum Gasteiger partial charge on any atom is -0.354 e. The molecule has 2 rings (SSSR count). The van der Waals surface area contributed by atoms with Gasteiger partial charge in [-0.3, -0.25) is 4.21 Å². The highest BCUT2D eigenvalue weighted by molar-refractivity contribution is 7.85. The second-order valence-electron chi connectivity index (χ2n) is 3.69. The van der Waals surface area contributed by atoms with Crippen molar-refractivity contribution in [2.24, 2.45) is 5.73 Å². The fourth-order valence-corrected chi connectivity index (χ4v) is 3.02. The van der Waals surface area contributed by atoms with Crippen molar-refractivity contribution in [2.45, 2.75) is 6.54 Å². The number of pyridine rings is 1. The summed E-state index contributed by atoms with van der Waals surface area (Å²) in [5.74, 6) is 2.16. The summed E-state index contributed by atoms with van der Waals surface area (Å²) < 4.78 is 11.2. The third kappa shape index (κ3) is 2.53. The Labute approximate surface area is 102 Å². The van der Waals surface area contributed by atoms with E-state index >= 15 is 0 Å². The fourth-order valence-electron chi connectivity index (χ4n) is 1.66. The maximum absolute atomic E-state index is 11.2. The first-order valence-electron chi connectivity index (χ1n) is 5.15. The monoisotopic (exact) mass is 259 g/mol. The third-order valence-electron chi connectivity index (χ3n) is 2.59. The molecule has 0 aliphatic carbocycles. The number of anilines is 1. The number of aromatic nitrogens is 1. The zero-order valence-electron chi connectivity index (χ0n) is 8.86. The van der Waals surface area contributed by atoms with Gasteiger partial charge < -0.3 is 10.6 Å². The lowest BCUT2D eigenvalue weighted by Crippen LogP contribution is -2.38. The van der Waals surface area contributed by atoms with E-state index < -0.39 is 10.8 Å². The molecule has 0 radical (unpaired) electrons. The van der Waals surface area contributed by atoms with Crippen molar-refractivity contribution in [1.29, 1.82) is 0 Å². The van der Waals surface area contributed by atoms with Crippen molar-refractivity contribution in [3.63, 3.8) is 0 Å². The molecule has 0 bridgehead atoms. The van der Waals surface area contributed by atoms with Gasteiger partial charge in [-0.25, -0.2) is 4.98 Å². The van der Waals surface area contributed by atoms with E-state index in [1.54, 1.807) is 6.20 Å². The van der Waals surface area contributed by atoms with E-state index in [2.05, 4.69) is 9.88 Å². The molecule has 1 aromatic heterocycles. The molecule has 88 valence electrons. The van der Waals surface area contributed by atoms with E-state index in [-0.39, 0.29) is 0 Å². The maximum Gasteiger partial charge on any atom is 0.147 e. The molecule has 0 amide bonds. The van der Waals surface area contributed by atoms with Gasteiger partial charge in [-0.1, -0.05) is 11.6 Å². The van der Waals surface area contributed by atoms with Gasteiger partial charge in [0.25, 0.3) is 0 Å². The molecule has 1 aromatic rings. The van der Waals surface area contributed by atoms with Gasteiger partial charge in [0.2, 0.25) is 0 Å². The molecule has 0 spiro atoms. The van der Waals surface area contributed by atoms with Gasteiger partial charge in [-0.15, -0.1) is 0 Å². The molecule has 0 unspecified atom stereocenters. The summed E-state index contributed by atoms with van der Waals surface area (Å²) in [6.07, 6.45) is 1.74. The molecule has 2 N–H and O–H groups in total. The van der Waals surface area contributed by atoms with Crippen molar-refractivity contribution in [1.82, 2.24) is 4.98 Å². The van der Waals surface area contributed by atoms with Crippen LogP contribution in [0, 0.1) is 0 Å². The Morgan fingerprint density at radius 3 is 2.75 bits per heavy atom. The van der Waals surface area contributed by atoms with Crippen LogP contribution in [0.25, 0.3) is 0 Å². The van der Waals surface area contributed by atoms with Crippen LogP contribution in [0.15, 0.2) is 12.3 Å². The number of nitrogens with two attached hydrogens (primary N) is 1. The van der Waals surface area contributed by atoms with Crippen LogP contribution in [0.1, 0.15) is 5.56 Å². The quantitative estimate of drug-likeness (QED) is 0.852. The highest BCUT2D eigenvalue weighted by Crippen LogP contribution is 2.24. The predicted octanol–water partition coefficient (Wildman–Crippen LogP) is 0.762. The molecule has 4 nitrogen and oxygen atoms in total. The Morgan fingerprint density at radius 1 is 1.50 bits per heavy atom. The molecule has 1 aliphatic heterocycles. The van der Waals surface area contributed by atoms with E-state index in [4.69, 9.17) is 17.3 Å². The van der Waals surface area contributed by atoms with Crippen LogP contribution in [0.3, 0.4) is 0 Å². The summed E-state index contributed by atoms with van der Waals surface area (Å²) in [5.41, 5.74) is 6.44. The largest absolute Gasteiger partial charge is 0.354 e. The molecule has 2 heterocycles. The van der Waals surface area contributed by atoms with Gasteiger partial charge in [0.05, 0.1) is 5.02 Å². The normalized spacial score (nSPS) is 17.8. The molecule has 0 saturated carbocycles. The predicted molar refractivity (Wildman–Crippen MR) is 67.2 cm³/mol. The van der Waals surface area contributed by atoms with Gasteiger partial charge in [-0.2, -0.15) is 0 Å². The topological polar surface area (TPSA) is 59.2 Å². The van der Waals surface area contributed by atoms with Gasteiger partial charge in [0.1, 0.15) is 5.82 Å². The smallest absolute Gasteiger partial charge is 0.147 e. The Morgan fingerprint density at radius 2 is 2.19 bits per heavy atom. The highest BCUT2D eigenvalue weighted by Gasteiger charge is 2.18. The van der Waals surface area contributed by atoms with Crippen LogP contribution in [0.2, 0.25) is 5.02 Å². The molecule has 0 atom stereocenters. The van der Waals surface area contributed by atoms with Crippen molar-refractivity contribution in [3.8, 4) is 0 Å². The second-order valence-corrected chi connectivity index (χ2v) is 5.79. The summed E-state index contributed by atoms with van der Waals surface area (Å²) in [4.78, 5) is 6.39. The lowest BCUT2D eigenvalue weighted by molar-refractivity contribution is 0.672. The van der Waals surface area contributed by atoms with E-state index in [1.807, 2.05) is 6.07 Å². The number of nitrogens with zero attached hydrogens (tertiary/aromatic N) is 2. The van der Waals surface area contributed by atoms with E-state index in [1.165, 1.54) is 0 Å². The Balaban J connectivity index is 2.17. The van der Waals surface area contributed by atoms with Crippen LogP contribution in [-0.4, -0.2) is 33.8 Å². The number of halogens is 1. The second kappa shape index (κ2) is 5.12. The number of rotatable bonds is 2. The van der Waals surface area contributed by atoms with Crippen molar-refractivity contribution >= 4 is 28.2 Å². The molecule has 16 heavy (non-hydrogen) atoms. The zero-order chi connectivity index (χ0) is 11.5. The highest BCUT2D eigenvalue weighted by atomic mass is 35.5. The van der Waals surface area contributed by atoms with Gasteiger partial charge in [0, 0.05) is 48.1 Å². The van der Waals surface area contributed by atoms with Crippen LogP contribution in [-0.2, 0) is 17.3 Å². The Kier molecular flexibility index (Phi) is 3.78. The van der Waals surface area contributed by atoms with Crippen LogP contribution >= 0.6 is 11.6 Å². The Bertz CT molecular complexity index is 403. The summed E-state index contributed by atoms with van der Waals surface area (Å²) in [5, 5.41) is 0.621. The summed E-state index contributed by atoms with van der Waals surface area (Å²) >= 11 is 6.14. The van der Waals surface area contributed by atoms with Crippen LogP contribution < -0.4 is 10.6 Å². The molecule has 1 saturated heterocycles. The number of hydrogen-bond donors (Lipinski definition) is 1. The first-order valence-corrected chi connectivity index (χ1v) is 7.01. The molecular weight excluding hydrogens is 246 g/mol. The average Bonchev–Trinajstić information content (AvgIpc) is 2.30. The molecule has 1 aliphatic rings. The van der Waals surface area contributed by atoms with Gasteiger partial charge in [0.15, 0.2) is 0 Å². The molecular formula is C10H14ClN3OS. The SMILES string of the molecule is NCc1cnc(N2CCS(=O)CC2)c(Cl)c1. The molecule has 0 aromatic carbocycles. The Hall–Kier alpha value is -0.650. The van der Waals surface area contributed by atoms with Crippen molar-refractivity contribution < 1.29 is 4.21 Å². The average molecular weight is 260 g/mol. The van der Waals surface area contributed by atoms with Gasteiger partial charge in [-0.05, 0) is 11.6 Å². The standard InChI is InChI=1S/C10H14ClN3OS/c11-9-5-8(6-12)7-13-10(9)14-1-3-16(15)4-2-14/h5,7H,1-4,6,12H2. The number of hydrogen-bond acceptors (Lipinski definition) is 4. The van der Waals surface area contributed by atoms with E-state index in [9.17, 15) is 4.21 Å². The zero-order valence-corrected chi connectivity index (χ0v) is 10.4. The lowest BCUT2D eigenvalue weighted by atomic mass is 10.3. The maximum atomic E-state index is 11.2. The molecule has 1 fully saturated rings. The first-order chi connectivity index (χ1) is 7.70. The summed E-state index contributed by atoms with van der Waals surface area (Å²) in [6, 6.07) is 1.84. The van der Waals surface area contributed by atoms with E-state index in [0.717, 1.165) is 24.5 Å². The fraction of sp³-hybridized carbons (Fsp3) is 0.500. The molecule has 6 heteroatoms. The lowest BCUT2D eigenvalue weighted by Gasteiger charge is -2.28. The van der Waals surface area contributed by atoms with E-state index in [0.29, 0.717) is 23.1 Å². The first kappa shape index (κ1) is 11.8. The minimum absolute atomic E-state index is 0.441. The third-order valence-corrected chi connectivity index (χ3v) is 4.15. The summed E-state index contributed by atoms with van der Waals surface area (Å²) in [6.45, 7) is 1.94. The van der Waals surface area contributed by atoms with Gasteiger partial charge >= 0.3 is 0 Å².